The van der Waals surface area contributed by atoms with E-state index in [1.165, 1.54) is 11.1 Å². The van der Waals surface area contributed by atoms with Gasteiger partial charge in [-0.15, -0.1) is 0 Å². The van der Waals surface area contributed by atoms with Gasteiger partial charge < -0.3 is 9.88 Å². The molecule has 0 radical (unpaired) electrons. The molecule has 1 aromatic heterocycles. The predicted octanol–water partition coefficient (Wildman–Crippen LogP) is 3.28. The summed E-state index contributed by atoms with van der Waals surface area (Å²) < 4.78 is 2.24. The third-order valence-electron chi connectivity index (χ3n) is 3.47. The average molecular weight is 257 g/mol. The summed E-state index contributed by atoms with van der Waals surface area (Å²) >= 11 is 0. The molecule has 0 bridgehead atoms. The predicted molar refractivity (Wildman–Crippen MR) is 79.3 cm³/mol. The van der Waals surface area contributed by atoms with E-state index < -0.39 is 0 Å². The van der Waals surface area contributed by atoms with Crippen LogP contribution in [0.4, 0.5) is 0 Å². The Morgan fingerprint density at radius 1 is 1.21 bits per heavy atom. The van der Waals surface area contributed by atoms with Gasteiger partial charge in [-0.1, -0.05) is 43.7 Å². The van der Waals surface area contributed by atoms with Crippen molar-refractivity contribution < 1.29 is 0 Å². The Labute approximate surface area is 115 Å². The van der Waals surface area contributed by atoms with Gasteiger partial charge in [0.25, 0.3) is 0 Å². The van der Waals surface area contributed by atoms with Crippen molar-refractivity contribution in [3.8, 4) is 0 Å². The Hall–Kier alpha value is -1.61. The first-order valence-corrected chi connectivity index (χ1v) is 6.86. The van der Waals surface area contributed by atoms with Gasteiger partial charge in [-0.05, 0) is 19.5 Å². The van der Waals surface area contributed by atoms with Gasteiger partial charge in [-0.2, -0.15) is 0 Å². The summed E-state index contributed by atoms with van der Waals surface area (Å²) in [5.41, 5.74) is 2.61. The number of hydrogen-bond acceptors (Lipinski definition) is 2. The fourth-order valence-corrected chi connectivity index (χ4v) is 2.33. The van der Waals surface area contributed by atoms with E-state index in [0.29, 0.717) is 12.0 Å². The number of benzene rings is 1. The van der Waals surface area contributed by atoms with E-state index in [1.54, 1.807) is 0 Å². The minimum absolute atomic E-state index is 0.312. The lowest BCUT2D eigenvalue weighted by atomic mass is 10.0. The van der Waals surface area contributed by atoms with E-state index in [2.05, 4.69) is 66.1 Å². The highest BCUT2D eigenvalue weighted by Crippen LogP contribution is 2.19. The molecule has 3 heteroatoms. The number of hydrogen-bond donors (Lipinski definition) is 1. The summed E-state index contributed by atoms with van der Waals surface area (Å²) in [6.45, 7) is 7.39. The van der Waals surface area contributed by atoms with Crippen molar-refractivity contribution >= 4 is 0 Å². The Morgan fingerprint density at radius 3 is 2.47 bits per heavy atom. The first-order valence-electron chi connectivity index (χ1n) is 6.86. The first kappa shape index (κ1) is 13.8. The van der Waals surface area contributed by atoms with Crippen LogP contribution in [0.5, 0.6) is 0 Å². The molecule has 0 aliphatic rings. The van der Waals surface area contributed by atoms with Crippen molar-refractivity contribution in [1.29, 1.82) is 0 Å². The summed E-state index contributed by atoms with van der Waals surface area (Å²) in [5.74, 6) is 1.60. The van der Waals surface area contributed by atoms with E-state index in [0.717, 1.165) is 12.4 Å². The third kappa shape index (κ3) is 3.24. The molecule has 0 aliphatic heterocycles. The largest absolute Gasteiger partial charge is 0.333 e. The molecule has 2 aromatic rings. The molecule has 1 N–H and O–H groups in total. The zero-order chi connectivity index (χ0) is 13.8. The van der Waals surface area contributed by atoms with Crippen molar-refractivity contribution in [2.75, 3.05) is 7.05 Å². The van der Waals surface area contributed by atoms with Gasteiger partial charge in [0.05, 0.1) is 0 Å². The summed E-state index contributed by atoms with van der Waals surface area (Å²) in [5, 5.41) is 3.39. The normalized spacial score (nSPS) is 12.9. The molecular weight excluding hydrogens is 234 g/mol. The molecule has 3 nitrogen and oxygen atoms in total. The summed E-state index contributed by atoms with van der Waals surface area (Å²) in [7, 11) is 2.01. The van der Waals surface area contributed by atoms with Crippen LogP contribution in [0.3, 0.4) is 0 Å². The van der Waals surface area contributed by atoms with Crippen LogP contribution in [0.15, 0.2) is 36.7 Å². The second-order valence-corrected chi connectivity index (χ2v) is 5.34. The number of aryl methyl sites for hydroxylation is 1. The van der Waals surface area contributed by atoms with Crippen LogP contribution in [0.1, 0.15) is 42.8 Å². The highest BCUT2D eigenvalue weighted by molar-refractivity contribution is 5.24. The zero-order valence-corrected chi connectivity index (χ0v) is 12.2. The van der Waals surface area contributed by atoms with Gasteiger partial charge in [0.2, 0.25) is 0 Å². The molecule has 102 valence electrons. The van der Waals surface area contributed by atoms with Crippen LogP contribution < -0.4 is 5.32 Å². The van der Waals surface area contributed by atoms with Crippen molar-refractivity contribution in [2.45, 2.75) is 39.3 Å². The lowest BCUT2D eigenvalue weighted by Crippen LogP contribution is -2.23. The number of imidazole rings is 1. The molecule has 1 heterocycles. The monoisotopic (exact) mass is 257 g/mol. The van der Waals surface area contributed by atoms with Gasteiger partial charge in [0, 0.05) is 30.9 Å². The van der Waals surface area contributed by atoms with Gasteiger partial charge in [0.15, 0.2) is 0 Å². The molecule has 0 saturated heterocycles. The molecule has 1 aromatic carbocycles. The van der Waals surface area contributed by atoms with E-state index in [1.807, 2.05) is 13.2 Å². The fraction of sp³-hybridized carbons (Fsp3) is 0.438. The Bertz CT molecular complexity index is 511. The highest BCUT2D eigenvalue weighted by atomic mass is 15.1. The Balaban J connectivity index is 2.19. The minimum atomic E-state index is 0.312. The lowest BCUT2D eigenvalue weighted by Gasteiger charge is -2.20. The smallest absolute Gasteiger partial charge is 0.111 e. The van der Waals surface area contributed by atoms with Crippen molar-refractivity contribution in [1.82, 2.24) is 14.9 Å². The zero-order valence-electron chi connectivity index (χ0n) is 12.2. The average Bonchev–Trinajstić information content (AvgIpc) is 2.85. The summed E-state index contributed by atoms with van der Waals surface area (Å²) in [6, 6.07) is 9.03. The molecule has 1 unspecified atom stereocenters. The first-order chi connectivity index (χ1) is 9.11. The fourth-order valence-electron chi connectivity index (χ4n) is 2.33. The second kappa shape index (κ2) is 6.02. The van der Waals surface area contributed by atoms with Gasteiger partial charge in [-0.25, -0.2) is 4.98 Å². The van der Waals surface area contributed by atoms with Crippen molar-refractivity contribution in [3.63, 3.8) is 0 Å². The molecule has 2 rings (SSSR count). The quantitative estimate of drug-likeness (QED) is 0.891. The molecule has 0 amide bonds. The number of nitrogens with zero attached hydrogens (tertiary/aromatic N) is 2. The van der Waals surface area contributed by atoms with E-state index in [9.17, 15) is 0 Å². The molecule has 19 heavy (non-hydrogen) atoms. The van der Waals surface area contributed by atoms with Gasteiger partial charge in [0.1, 0.15) is 5.82 Å². The molecule has 0 aliphatic carbocycles. The molecular formula is C16H23N3. The highest BCUT2D eigenvalue weighted by Gasteiger charge is 2.13. The van der Waals surface area contributed by atoms with Gasteiger partial charge in [-0.3, -0.25) is 0 Å². The minimum Gasteiger partial charge on any atom is -0.333 e. The molecule has 0 spiro atoms. The Morgan fingerprint density at radius 2 is 1.89 bits per heavy atom. The topological polar surface area (TPSA) is 29.9 Å². The SMILES string of the molecule is CNC(Cn1ccnc1C(C)C)c1ccc(C)cc1. The van der Waals surface area contributed by atoms with E-state index in [4.69, 9.17) is 0 Å². The van der Waals surface area contributed by atoms with Crippen LogP contribution in [0.25, 0.3) is 0 Å². The summed E-state index contributed by atoms with van der Waals surface area (Å²) in [6.07, 6.45) is 3.95. The Kier molecular flexibility index (Phi) is 4.38. The van der Waals surface area contributed by atoms with E-state index >= 15 is 0 Å². The molecule has 1 atom stereocenters. The molecule has 0 saturated carbocycles. The number of rotatable bonds is 5. The van der Waals surface area contributed by atoms with E-state index in [-0.39, 0.29) is 0 Å². The third-order valence-corrected chi connectivity index (χ3v) is 3.47. The van der Waals surface area contributed by atoms with Crippen molar-refractivity contribution in [2.24, 2.45) is 0 Å². The van der Waals surface area contributed by atoms with Crippen LogP contribution in [0, 0.1) is 6.92 Å². The van der Waals surface area contributed by atoms with Crippen LogP contribution in [-0.4, -0.2) is 16.6 Å². The number of aromatic nitrogens is 2. The maximum absolute atomic E-state index is 4.45. The maximum atomic E-state index is 4.45. The lowest BCUT2D eigenvalue weighted by molar-refractivity contribution is 0.481. The number of nitrogens with one attached hydrogen (secondary N) is 1. The standard InChI is InChI=1S/C16H23N3/c1-12(2)16-18-9-10-19(16)11-15(17-4)14-7-5-13(3)6-8-14/h5-10,12,15,17H,11H2,1-4H3. The molecule has 0 fully saturated rings. The van der Waals surface area contributed by atoms with Gasteiger partial charge >= 0.3 is 0 Å². The summed E-state index contributed by atoms with van der Waals surface area (Å²) in [4.78, 5) is 4.45. The number of likely N-dealkylation sites (N-methyl/N-ethyl adjacent to an activating group) is 1. The van der Waals surface area contributed by atoms with Crippen LogP contribution >= 0.6 is 0 Å². The van der Waals surface area contributed by atoms with Crippen molar-refractivity contribution in [3.05, 3.63) is 53.6 Å². The van der Waals surface area contributed by atoms with Crippen LogP contribution in [0.2, 0.25) is 0 Å². The van der Waals surface area contributed by atoms with Crippen LogP contribution in [-0.2, 0) is 6.54 Å². The second-order valence-electron chi connectivity index (χ2n) is 5.34. The maximum Gasteiger partial charge on any atom is 0.111 e.